The lowest BCUT2D eigenvalue weighted by Gasteiger charge is -2.13. The van der Waals surface area contributed by atoms with Crippen LogP contribution in [0.15, 0.2) is 12.4 Å². The highest BCUT2D eigenvalue weighted by Crippen LogP contribution is 2.54. The van der Waals surface area contributed by atoms with Gasteiger partial charge in [0.1, 0.15) is 0 Å². The molecule has 2 fully saturated rings. The molecule has 0 aliphatic heterocycles. The molecule has 2 unspecified atom stereocenters. The molecule has 2 saturated carbocycles. The van der Waals surface area contributed by atoms with Gasteiger partial charge in [-0.1, -0.05) is 0 Å². The Morgan fingerprint density at radius 3 is 2.87 bits per heavy atom. The van der Waals surface area contributed by atoms with E-state index in [1.54, 1.807) is 17.0 Å². The Balaban J connectivity index is 1.70. The van der Waals surface area contributed by atoms with Gasteiger partial charge in [0.05, 0.1) is 0 Å². The lowest BCUT2D eigenvalue weighted by Crippen LogP contribution is -2.14. The maximum atomic E-state index is 10.8. The van der Waals surface area contributed by atoms with Gasteiger partial charge in [0, 0.05) is 18.9 Å². The lowest BCUT2D eigenvalue weighted by atomic mass is 10.0. The number of aromatic nitrogens is 2. The minimum atomic E-state index is -0.928. The first kappa shape index (κ1) is 8.95. The number of nitrogens with zero attached hydrogens (tertiary/aromatic N) is 2. The SMILES string of the molecule is O=C(O)c1nccn1CC1CC2CC2C1. The number of fused-ring (bicyclic) bond motifs is 1. The van der Waals surface area contributed by atoms with Crippen LogP contribution in [0.4, 0.5) is 0 Å². The van der Waals surface area contributed by atoms with Gasteiger partial charge in [-0.25, -0.2) is 9.78 Å². The molecule has 0 aromatic carbocycles. The second kappa shape index (κ2) is 3.08. The van der Waals surface area contributed by atoms with Crippen LogP contribution in [-0.4, -0.2) is 20.6 Å². The quantitative estimate of drug-likeness (QED) is 0.817. The molecule has 1 heterocycles. The van der Waals surface area contributed by atoms with Gasteiger partial charge < -0.3 is 9.67 Å². The molecule has 1 aromatic rings. The zero-order valence-corrected chi connectivity index (χ0v) is 8.47. The van der Waals surface area contributed by atoms with Gasteiger partial charge in [0.2, 0.25) is 5.82 Å². The zero-order valence-electron chi connectivity index (χ0n) is 8.47. The number of hydrogen-bond donors (Lipinski definition) is 1. The maximum Gasteiger partial charge on any atom is 0.372 e. The Hall–Kier alpha value is -1.32. The summed E-state index contributed by atoms with van der Waals surface area (Å²) in [6.07, 6.45) is 7.31. The van der Waals surface area contributed by atoms with Crippen LogP contribution in [0.5, 0.6) is 0 Å². The van der Waals surface area contributed by atoms with Crippen molar-refractivity contribution in [3.05, 3.63) is 18.2 Å². The van der Waals surface area contributed by atoms with E-state index in [4.69, 9.17) is 5.11 Å². The van der Waals surface area contributed by atoms with Crippen molar-refractivity contribution >= 4 is 5.97 Å². The third-order valence-corrected chi connectivity index (χ3v) is 3.70. The molecule has 80 valence electrons. The van der Waals surface area contributed by atoms with Crippen molar-refractivity contribution < 1.29 is 9.90 Å². The van der Waals surface area contributed by atoms with E-state index in [1.807, 2.05) is 0 Å². The molecule has 0 amide bonds. The van der Waals surface area contributed by atoms with Crippen LogP contribution in [0.1, 0.15) is 29.9 Å². The average molecular weight is 206 g/mol. The van der Waals surface area contributed by atoms with Crippen LogP contribution in [0.2, 0.25) is 0 Å². The van der Waals surface area contributed by atoms with E-state index < -0.39 is 5.97 Å². The summed E-state index contributed by atoms with van der Waals surface area (Å²) in [5.74, 6) is 1.82. The van der Waals surface area contributed by atoms with Crippen LogP contribution in [0, 0.1) is 17.8 Å². The van der Waals surface area contributed by atoms with Crippen molar-refractivity contribution in [2.24, 2.45) is 17.8 Å². The van der Waals surface area contributed by atoms with Crippen molar-refractivity contribution in [1.82, 2.24) is 9.55 Å². The highest BCUT2D eigenvalue weighted by molar-refractivity contribution is 5.83. The summed E-state index contributed by atoms with van der Waals surface area (Å²) in [5, 5.41) is 8.91. The van der Waals surface area contributed by atoms with E-state index in [0.717, 1.165) is 18.4 Å². The highest BCUT2D eigenvalue weighted by atomic mass is 16.4. The van der Waals surface area contributed by atoms with Crippen molar-refractivity contribution in [2.45, 2.75) is 25.8 Å². The zero-order chi connectivity index (χ0) is 10.4. The minimum Gasteiger partial charge on any atom is -0.475 e. The molecule has 0 spiro atoms. The molecular weight excluding hydrogens is 192 g/mol. The van der Waals surface area contributed by atoms with Gasteiger partial charge in [-0.2, -0.15) is 0 Å². The van der Waals surface area contributed by atoms with Crippen LogP contribution < -0.4 is 0 Å². The van der Waals surface area contributed by atoms with Gasteiger partial charge in [-0.15, -0.1) is 0 Å². The number of aromatic carboxylic acids is 1. The van der Waals surface area contributed by atoms with E-state index in [9.17, 15) is 4.79 Å². The molecule has 1 N–H and O–H groups in total. The molecule has 0 saturated heterocycles. The van der Waals surface area contributed by atoms with Crippen molar-refractivity contribution in [1.29, 1.82) is 0 Å². The third kappa shape index (κ3) is 1.54. The summed E-state index contributed by atoms with van der Waals surface area (Å²) < 4.78 is 1.78. The number of carboxylic acid groups (broad SMARTS) is 1. The molecule has 15 heavy (non-hydrogen) atoms. The van der Waals surface area contributed by atoms with Crippen molar-refractivity contribution in [3.8, 4) is 0 Å². The number of carbonyl (C=O) groups is 1. The molecule has 3 rings (SSSR count). The topological polar surface area (TPSA) is 55.1 Å². The molecule has 4 heteroatoms. The minimum absolute atomic E-state index is 0.176. The van der Waals surface area contributed by atoms with Crippen LogP contribution in [0.25, 0.3) is 0 Å². The van der Waals surface area contributed by atoms with Gasteiger partial charge in [0.15, 0.2) is 0 Å². The second-order valence-electron chi connectivity index (χ2n) is 4.80. The average Bonchev–Trinajstić information content (AvgIpc) is 2.65. The fraction of sp³-hybridized carbons (Fsp3) is 0.636. The number of rotatable bonds is 3. The summed E-state index contributed by atoms with van der Waals surface area (Å²) in [6, 6.07) is 0. The van der Waals surface area contributed by atoms with Gasteiger partial charge in [0.25, 0.3) is 0 Å². The standard InChI is InChI=1S/C11H14N2O2/c14-11(15)10-12-1-2-13(10)6-7-3-8-5-9(8)4-7/h1-2,7-9H,3-6H2,(H,14,15). The Labute approximate surface area is 87.9 Å². The number of carboxylic acids is 1. The summed E-state index contributed by atoms with van der Waals surface area (Å²) in [7, 11) is 0. The Morgan fingerprint density at radius 1 is 1.47 bits per heavy atom. The number of imidazole rings is 1. The first-order chi connectivity index (χ1) is 7.24. The summed E-state index contributed by atoms with van der Waals surface area (Å²) in [6.45, 7) is 0.828. The van der Waals surface area contributed by atoms with Crippen LogP contribution in [0.3, 0.4) is 0 Å². The molecule has 4 nitrogen and oxygen atoms in total. The van der Waals surface area contributed by atoms with E-state index in [1.165, 1.54) is 19.3 Å². The van der Waals surface area contributed by atoms with Crippen molar-refractivity contribution in [3.63, 3.8) is 0 Å². The second-order valence-corrected chi connectivity index (χ2v) is 4.80. The highest BCUT2D eigenvalue weighted by Gasteiger charge is 2.45. The summed E-state index contributed by atoms with van der Waals surface area (Å²) in [5.41, 5.74) is 0. The van der Waals surface area contributed by atoms with Crippen molar-refractivity contribution in [2.75, 3.05) is 0 Å². The summed E-state index contributed by atoms with van der Waals surface area (Å²) in [4.78, 5) is 14.7. The van der Waals surface area contributed by atoms with E-state index in [2.05, 4.69) is 4.98 Å². The van der Waals surface area contributed by atoms with Gasteiger partial charge >= 0.3 is 5.97 Å². The lowest BCUT2D eigenvalue weighted by molar-refractivity contribution is 0.0677. The van der Waals surface area contributed by atoms with Crippen LogP contribution in [-0.2, 0) is 6.54 Å². The monoisotopic (exact) mass is 206 g/mol. The van der Waals surface area contributed by atoms with E-state index >= 15 is 0 Å². The molecule has 0 bridgehead atoms. The molecule has 2 atom stereocenters. The molecule has 2 aliphatic rings. The first-order valence-corrected chi connectivity index (χ1v) is 5.48. The largest absolute Gasteiger partial charge is 0.475 e. The molecule has 1 aromatic heterocycles. The number of hydrogen-bond acceptors (Lipinski definition) is 2. The fourth-order valence-corrected chi connectivity index (χ4v) is 2.92. The predicted octanol–water partition coefficient (Wildman–Crippen LogP) is 1.63. The Morgan fingerprint density at radius 2 is 2.20 bits per heavy atom. The van der Waals surface area contributed by atoms with Gasteiger partial charge in [-0.05, 0) is 37.0 Å². The Kier molecular flexibility index (Phi) is 1.84. The Bertz CT molecular complexity index is 389. The predicted molar refractivity (Wildman–Crippen MR) is 53.5 cm³/mol. The van der Waals surface area contributed by atoms with E-state index in [0.29, 0.717) is 5.92 Å². The first-order valence-electron chi connectivity index (χ1n) is 5.48. The van der Waals surface area contributed by atoms with Gasteiger partial charge in [-0.3, -0.25) is 0 Å². The van der Waals surface area contributed by atoms with Crippen LogP contribution >= 0.6 is 0 Å². The smallest absolute Gasteiger partial charge is 0.372 e. The van der Waals surface area contributed by atoms with E-state index in [-0.39, 0.29) is 5.82 Å². The molecular formula is C11H14N2O2. The maximum absolute atomic E-state index is 10.8. The third-order valence-electron chi connectivity index (χ3n) is 3.70. The fourth-order valence-electron chi connectivity index (χ4n) is 2.92. The normalized spacial score (nSPS) is 32.7. The summed E-state index contributed by atoms with van der Waals surface area (Å²) >= 11 is 0. The molecule has 0 radical (unpaired) electrons. The molecule has 2 aliphatic carbocycles.